The number of aryl methyl sites for hydroxylation is 2. The number of nitrogens with one attached hydrogen (secondary N) is 1. The summed E-state index contributed by atoms with van der Waals surface area (Å²) in [7, 11) is 0. The highest BCUT2D eigenvalue weighted by Gasteiger charge is 2.12. The summed E-state index contributed by atoms with van der Waals surface area (Å²) in [5.41, 5.74) is 5.02. The van der Waals surface area contributed by atoms with E-state index in [1.54, 1.807) is 0 Å². The van der Waals surface area contributed by atoms with E-state index in [0.717, 1.165) is 23.1 Å². The fourth-order valence-electron chi connectivity index (χ4n) is 2.93. The molecule has 0 radical (unpaired) electrons. The van der Waals surface area contributed by atoms with Gasteiger partial charge in [0, 0.05) is 6.04 Å². The highest BCUT2D eigenvalue weighted by atomic mass is 32.1. The van der Waals surface area contributed by atoms with Crippen LogP contribution in [0.25, 0.3) is 11.0 Å². The SMILES string of the molecule is Cc1cccc2[nH]c(=S)n(C(C)CCc3ccccc3)c12. The van der Waals surface area contributed by atoms with Crippen molar-refractivity contribution >= 4 is 23.3 Å². The lowest BCUT2D eigenvalue weighted by Crippen LogP contribution is -2.07. The predicted octanol–water partition coefficient (Wildman–Crippen LogP) is 5.20. The lowest BCUT2D eigenvalue weighted by atomic mass is 10.1. The molecule has 1 N–H and O–H groups in total. The number of hydrogen-bond donors (Lipinski definition) is 1. The van der Waals surface area contributed by atoms with Crippen LogP contribution < -0.4 is 0 Å². The van der Waals surface area contributed by atoms with E-state index in [9.17, 15) is 0 Å². The Hall–Kier alpha value is -1.87. The normalized spacial score (nSPS) is 12.7. The Morgan fingerprint density at radius 2 is 1.86 bits per heavy atom. The fourth-order valence-corrected chi connectivity index (χ4v) is 3.31. The molecule has 1 unspecified atom stereocenters. The summed E-state index contributed by atoms with van der Waals surface area (Å²) >= 11 is 5.53. The number of para-hydroxylation sites is 1. The smallest absolute Gasteiger partial charge is 0.178 e. The fraction of sp³-hybridized carbons (Fsp3) is 0.278. The lowest BCUT2D eigenvalue weighted by Gasteiger charge is -2.15. The zero-order chi connectivity index (χ0) is 14.8. The number of nitrogens with zero attached hydrogens (tertiary/aromatic N) is 1. The molecule has 0 bridgehead atoms. The largest absolute Gasteiger partial charge is 0.331 e. The van der Waals surface area contributed by atoms with Gasteiger partial charge in [-0.25, -0.2) is 0 Å². The molecular weight excluding hydrogens is 276 g/mol. The van der Waals surface area contributed by atoms with Crippen LogP contribution in [0.1, 0.15) is 30.5 Å². The van der Waals surface area contributed by atoms with E-state index < -0.39 is 0 Å². The van der Waals surface area contributed by atoms with Crippen molar-refractivity contribution in [1.82, 2.24) is 9.55 Å². The molecule has 0 aliphatic heterocycles. The van der Waals surface area contributed by atoms with E-state index in [2.05, 4.69) is 71.9 Å². The number of aromatic amines is 1. The van der Waals surface area contributed by atoms with E-state index in [-0.39, 0.29) is 0 Å². The van der Waals surface area contributed by atoms with Gasteiger partial charge >= 0.3 is 0 Å². The quantitative estimate of drug-likeness (QED) is 0.656. The summed E-state index contributed by atoms with van der Waals surface area (Å²) in [6, 6.07) is 17.3. The third kappa shape index (κ3) is 2.79. The highest BCUT2D eigenvalue weighted by molar-refractivity contribution is 7.71. The van der Waals surface area contributed by atoms with Gasteiger partial charge in [0.25, 0.3) is 0 Å². The molecule has 3 rings (SSSR count). The molecule has 0 aliphatic carbocycles. The van der Waals surface area contributed by atoms with Gasteiger partial charge in [0.2, 0.25) is 0 Å². The van der Waals surface area contributed by atoms with E-state index in [4.69, 9.17) is 12.2 Å². The Morgan fingerprint density at radius 1 is 1.10 bits per heavy atom. The first-order valence-corrected chi connectivity index (χ1v) is 7.81. The van der Waals surface area contributed by atoms with Gasteiger partial charge in [-0.15, -0.1) is 0 Å². The molecule has 1 aromatic heterocycles. The minimum Gasteiger partial charge on any atom is -0.331 e. The third-order valence-corrected chi connectivity index (χ3v) is 4.37. The summed E-state index contributed by atoms with van der Waals surface area (Å²) in [6.07, 6.45) is 2.15. The molecule has 3 aromatic rings. The summed E-state index contributed by atoms with van der Waals surface area (Å²) < 4.78 is 3.09. The standard InChI is InChI=1S/C18H20N2S/c1-13-7-6-10-16-17(13)20(18(21)19-16)14(2)11-12-15-8-4-3-5-9-15/h3-10,14H,11-12H2,1-2H3,(H,19,21). The first kappa shape index (κ1) is 14.1. The number of H-pyrrole nitrogens is 1. The number of fused-ring (bicyclic) bond motifs is 1. The van der Waals surface area contributed by atoms with Crippen LogP contribution in [0.4, 0.5) is 0 Å². The minimum atomic E-state index is 0.382. The molecule has 0 spiro atoms. The van der Waals surface area contributed by atoms with Crippen molar-refractivity contribution in [1.29, 1.82) is 0 Å². The van der Waals surface area contributed by atoms with Crippen molar-refractivity contribution in [3.05, 3.63) is 64.4 Å². The molecule has 21 heavy (non-hydrogen) atoms. The second-order valence-electron chi connectivity index (χ2n) is 5.64. The predicted molar refractivity (Wildman–Crippen MR) is 91.3 cm³/mol. The third-order valence-electron chi connectivity index (χ3n) is 4.07. The van der Waals surface area contributed by atoms with Gasteiger partial charge < -0.3 is 9.55 Å². The Kier molecular flexibility index (Phi) is 3.93. The van der Waals surface area contributed by atoms with Crippen LogP contribution in [0.2, 0.25) is 0 Å². The Bertz CT molecular complexity index is 799. The van der Waals surface area contributed by atoms with Crippen molar-refractivity contribution in [2.45, 2.75) is 32.7 Å². The van der Waals surface area contributed by atoms with Gasteiger partial charge in [-0.3, -0.25) is 0 Å². The van der Waals surface area contributed by atoms with E-state index in [1.165, 1.54) is 16.6 Å². The van der Waals surface area contributed by atoms with E-state index >= 15 is 0 Å². The van der Waals surface area contributed by atoms with E-state index in [1.807, 2.05) is 0 Å². The van der Waals surface area contributed by atoms with Gasteiger partial charge in [-0.1, -0.05) is 42.5 Å². The van der Waals surface area contributed by atoms with Crippen molar-refractivity contribution in [2.24, 2.45) is 0 Å². The summed E-state index contributed by atoms with van der Waals surface area (Å²) in [6.45, 7) is 4.39. The minimum absolute atomic E-state index is 0.382. The van der Waals surface area contributed by atoms with Crippen LogP contribution in [0.3, 0.4) is 0 Å². The Morgan fingerprint density at radius 3 is 2.62 bits per heavy atom. The van der Waals surface area contributed by atoms with Crippen LogP contribution in [0, 0.1) is 11.7 Å². The zero-order valence-electron chi connectivity index (χ0n) is 12.5. The molecule has 3 heteroatoms. The topological polar surface area (TPSA) is 20.7 Å². The number of hydrogen-bond acceptors (Lipinski definition) is 1. The second-order valence-corrected chi connectivity index (χ2v) is 6.03. The van der Waals surface area contributed by atoms with Crippen molar-refractivity contribution in [3.63, 3.8) is 0 Å². The molecular formula is C18H20N2S. The second kappa shape index (κ2) is 5.86. The molecule has 0 fully saturated rings. The molecule has 0 saturated carbocycles. The molecule has 1 atom stereocenters. The monoisotopic (exact) mass is 296 g/mol. The van der Waals surface area contributed by atoms with Crippen molar-refractivity contribution in [2.75, 3.05) is 0 Å². The summed E-state index contributed by atoms with van der Waals surface area (Å²) in [4.78, 5) is 3.32. The maximum Gasteiger partial charge on any atom is 0.178 e. The highest BCUT2D eigenvalue weighted by Crippen LogP contribution is 2.25. The average Bonchev–Trinajstić information content (AvgIpc) is 2.83. The maximum atomic E-state index is 5.53. The summed E-state index contributed by atoms with van der Waals surface area (Å²) in [5, 5.41) is 0. The average molecular weight is 296 g/mol. The van der Waals surface area contributed by atoms with Crippen LogP contribution in [-0.2, 0) is 6.42 Å². The van der Waals surface area contributed by atoms with Gasteiger partial charge in [0.1, 0.15) is 0 Å². The number of aromatic nitrogens is 2. The summed E-state index contributed by atoms with van der Waals surface area (Å²) in [5.74, 6) is 0. The maximum absolute atomic E-state index is 5.53. The molecule has 108 valence electrons. The molecule has 2 nitrogen and oxygen atoms in total. The first-order chi connectivity index (χ1) is 10.2. The van der Waals surface area contributed by atoms with Crippen LogP contribution >= 0.6 is 12.2 Å². The molecule has 0 saturated heterocycles. The molecule has 0 aliphatic rings. The molecule has 1 heterocycles. The van der Waals surface area contributed by atoms with Gasteiger partial charge in [-0.2, -0.15) is 0 Å². The lowest BCUT2D eigenvalue weighted by molar-refractivity contribution is 0.513. The van der Waals surface area contributed by atoms with Crippen LogP contribution in [0.5, 0.6) is 0 Å². The van der Waals surface area contributed by atoms with Crippen molar-refractivity contribution < 1.29 is 0 Å². The number of benzene rings is 2. The molecule has 2 aromatic carbocycles. The van der Waals surface area contributed by atoms with Gasteiger partial charge in [-0.05, 0) is 56.1 Å². The Labute approximate surface area is 130 Å². The van der Waals surface area contributed by atoms with Gasteiger partial charge in [0.15, 0.2) is 4.77 Å². The number of rotatable bonds is 4. The zero-order valence-corrected chi connectivity index (χ0v) is 13.3. The van der Waals surface area contributed by atoms with Gasteiger partial charge in [0.05, 0.1) is 11.0 Å². The van der Waals surface area contributed by atoms with E-state index in [0.29, 0.717) is 6.04 Å². The first-order valence-electron chi connectivity index (χ1n) is 7.40. The van der Waals surface area contributed by atoms with Crippen LogP contribution in [0.15, 0.2) is 48.5 Å². The molecule has 0 amide bonds. The number of imidazole rings is 1. The Balaban J connectivity index is 1.90. The van der Waals surface area contributed by atoms with Crippen LogP contribution in [-0.4, -0.2) is 9.55 Å². The van der Waals surface area contributed by atoms with Crippen molar-refractivity contribution in [3.8, 4) is 0 Å².